The van der Waals surface area contributed by atoms with E-state index < -0.39 is 0 Å². The van der Waals surface area contributed by atoms with Crippen LogP contribution in [0.15, 0.2) is 53.1 Å². The number of thioether (sulfide) groups is 1. The molecule has 2 aromatic rings. The number of hydrogen-bond donors (Lipinski definition) is 0. The number of benzene rings is 2. The number of aryl methyl sites for hydroxylation is 2. The van der Waals surface area contributed by atoms with E-state index in [1.54, 1.807) is 16.7 Å². The summed E-state index contributed by atoms with van der Waals surface area (Å²) in [5.74, 6) is 0.553. The molecule has 0 aromatic heterocycles. The van der Waals surface area contributed by atoms with Gasteiger partial charge in [-0.25, -0.2) is 0 Å². The van der Waals surface area contributed by atoms with Gasteiger partial charge in [-0.05, 0) is 54.8 Å². The fourth-order valence-corrected chi connectivity index (χ4v) is 4.92. The second-order valence-corrected chi connectivity index (χ2v) is 8.55. The number of nitrogens with zero attached hydrogens (tertiary/aromatic N) is 3. The maximum atomic E-state index is 13.0. The van der Waals surface area contributed by atoms with Crippen molar-refractivity contribution in [1.29, 1.82) is 5.26 Å². The first-order valence-corrected chi connectivity index (χ1v) is 10.5. The van der Waals surface area contributed by atoms with Gasteiger partial charge in [0.1, 0.15) is 0 Å². The zero-order valence-electron chi connectivity index (χ0n) is 15.8. The molecule has 1 fully saturated rings. The third kappa shape index (κ3) is 3.39. The van der Waals surface area contributed by atoms with Gasteiger partial charge in [0, 0.05) is 23.0 Å². The van der Waals surface area contributed by atoms with E-state index in [4.69, 9.17) is 11.6 Å². The number of carbonyl (C=O) groups excluding carboxylic acids is 1. The Morgan fingerprint density at radius 1 is 1.14 bits per heavy atom. The quantitative estimate of drug-likeness (QED) is 0.685. The molecule has 2 heterocycles. The molecule has 0 N–H and O–H groups in total. The second-order valence-electron chi connectivity index (χ2n) is 7.18. The van der Waals surface area contributed by atoms with Crippen molar-refractivity contribution in [2.24, 2.45) is 0 Å². The lowest BCUT2D eigenvalue weighted by molar-refractivity contribution is -0.129. The number of allylic oxidation sites excluding steroid dienone is 1. The predicted molar refractivity (Wildman–Crippen MR) is 114 cm³/mol. The summed E-state index contributed by atoms with van der Waals surface area (Å²) in [6, 6.07) is 16.2. The highest BCUT2D eigenvalue weighted by Crippen LogP contribution is 2.43. The van der Waals surface area contributed by atoms with Crippen molar-refractivity contribution in [3.8, 4) is 6.07 Å². The maximum absolute atomic E-state index is 13.0. The third-order valence-electron chi connectivity index (χ3n) is 5.42. The Balaban J connectivity index is 1.65. The predicted octanol–water partition coefficient (Wildman–Crippen LogP) is 5.18. The molecule has 1 atom stereocenters. The Hall–Kier alpha value is -2.42. The largest absolute Gasteiger partial charge is 0.344 e. The molecular formula is C22H20ClN3OS. The molecule has 0 bridgehead atoms. The number of hydrogen-bond acceptors (Lipinski definition) is 4. The zero-order valence-corrected chi connectivity index (χ0v) is 17.3. The number of nitriles is 1. The van der Waals surface area contributed by atoms with Crippen molar-refractivity contribution in [2.45, 2.75) is 26.2 Å². The molecule has 6 heteroatoms. The van der Waals surface area contributed by atoms with Gasteiger partial charge in [-0.3, -0.25) is 9.69 Å². The van der Waals surface area contributed by atoms with Crippen LogP contribution in [0, 0.1) is 25.2 Å². The second kappa shape index (κ2) is 7.54. The summed E-state index contributed by atoms with van der Waals surface area (Å²) < 4.78 is 0. The molecule has 4 rings (SSSR count). The van der Waals surface area contributed by atoms with Gasteiger partial charge in [-0.2, -0.15) is 5.26 Å². The van der Waals surface area contributed by atoms with Gasteiger partial charge in [0.15, 0.2) is 0 Å². The van der Waals surface area contributed by atoms with Crippen LogP contribution in [-0.2, 0) is 4.79 Å². The Morgan fingerprint density at radius 2 is 1.89 bits per heavy atom. The molecule has 28 heavy (non-hydrogen) atoms. The Kier molecular flexibility index (Phi) is 5.09. The van der Waals surface area contributed by atoms with Crippen LogP contribution in [0.25, 0.3) is 0 Å². The van der Waals surface area contributed by atoms with Crippen LogP contribution in [0.3, 0.4) is 0 Å². The molecule has 0 saturated carbocycles. The van der Waals surface area contributed by atoms with Crippen molar-refractivity contribution in [2.75, 3.05) is 17.4 Å². The van der Waals surface area contributed by atoms with Gasteiger partial charge >= 0.3 is 0 Å². The molecule has 0 radical (unpaired) electrons. The van der Waals surface area contributed by atoms with Crippen LogP contribution in [0.4, 0.5) is 5.69 Å². The SMILES string of the molecule is Cc1ccc(N2CSC3=C(C#N)[C@H](c4ccc(Cl)cc4)CC(=O)N3C2)cc1C. The first-order valence-electron chi connectivity index (χ1n) is 9.13. The van der Waals surface area contributed by atoms with Crippen molar-refractivity contribution < 1.29 is 4.79 Å². The Morgan fingerprint density at radius 3 is 2.57 bits per heavy atom. The molecule has 0 spiro atoms. The summed E-state index contributed by atoms with van der Waals surface area (Å²) >= 11 is 7.55. The fourth-order valence-electron chi connectivity index (χ4n) is 3.63. The number of amides is 1. The van der Waals surface area contributed by atoms with Crippen LogP contribution < -0.4 is 4.90 Å². The zero-order chi connectivity index (χ0) is 19.8. The summed E-state index contributed by atoms with van der Waals surface area (Å²) in [5, 5.41) is 11.3. The first kappa shape index (κ1) is 18.9. The van der Waals surface area contributed by atoms with E-state index >= 15 is 0 Å². The van der Waals surface area contributed by atoms with Gasteiger partial charge in [-0.1, -0.05) is 41.6 Å². The average Bonchev–Trinajstić information content (AvgIpc) is 2.70. The van der Waals surface area contributed by atoms with E-state index in [1.807, 2.05) is 24.3 Å². The lowest BCUT2D eigenvalue weighted by atomic mass is 9.86. The average molecular weight is 410 g/mol. The number of anilines is 1. The van der Waals surface area contributed by atoms with Crippen LogP contribution in [0.2, 0.25) is 5.02 Å². The Labute approximate surface area is 174 Å². The summed E-state index contributed by atoms with van der Waals surface area (Å²) in [7, 11) is 0. The molecule has 1 saturated heterocycles. The van der Waals surface area contributed by atoms with Crippen LogP contribution in [0.5, 0.6) is 0 Å². The molecule has 2 aromatic carbocycles. The lowest BCUT2D eigenvalue weighted by Gasteiger charge is -2.42. The number of halogens is 1. The monoisotopic (exact) mass is 409 g/mol. The summed E-state index contributed by atoms with van der Waals surface area (Å²) in [4.78, 5) is 16.9. The van der Waals surface area contributed by atoms with Crippen LogP contribution >= 0.6 is 23.4 Å². The van der Waals surface area contributed by atoms with Crippen LogP contribution in [-0.4, -0.2) is 23.4 Å². The van der Waals surface area contributed by atoms with Crippen LogP contribution in [0.1, 0.15) is 29.0 Å². The molecule has 2 aliphatic rings. The molecule has 1 amide bonds. The van der Waals surface area contributed by atoms with E-state index in [-0.39, 0.29) is 11.8 Å². The van der Waals surface area contributed by atoms with Crippen molar-refractivity contribution in [3.63, 3.8) is 0 Å². The Bertz CT molecular complexity index is 1010. The van der Waals surface area contributed by atoms with Gasteiger partial charge in [0.2, 0.25) is 5.91 Å². The van der Waals surface area contributed by atoms with E-state index in [9.17, 15) is 10.1 Å². The molecule has 2 aliphatic heterocycles. The van der Waals surface area contributed by atoms with Gasteiger partial charge in [-0.15, -0.1) is 0 Å². The minimum absolute atomic E-state index is 0.0509. The summed E-state index contributed by atoms with van der Waals surface area (Å²) in [6.45, 7) is 4.66. The minimum Gasteiger partial charge on any atom is -0.344 e. The number of rotatable bonds is 2. The summed E-state index contributed by atoms with van der Waals surface area (Å²) in [5.41, 5.74) is 5.21. The highest BCUT2D eigenvalue weighted by molar-refractivity contribution is 8.03. The molecule has 0 aliphatic carbocycles. The molecule has 4 nitrogen and oxygen atoms in total. The first-order chi connectivity index (χ1) is 13.5. The smallest absolute Gasteiger partial charge is 0.229 e. The van der Waals surface area contributed by atoms with E-state index in [0.717, 1.165) is 16.3 Å². The van der Waals surface area contributed by atoms with Gasteiger partial charge < -0.3 is 4.90 Å². The summed E-state index contributed by atoms with van der Waals surface area (Å²) in [6.07, 6.45) is 0.301. The maximum Gasteiger partial charge on any atom is 0.229 e. The lowest BCUT2D eigenvalue weighted by Crippen LogP contribution is -2.47. The standard InChI is InChI=1S/C22H20ClN3OS/c1-14-3-8-18(9-15(14)2)25-12-26-21(27)10-19(16-4-6-17(23)7-5-16)20(11-24)22(26)28-13-25/h3-9,19H,10,12-13H2,1-2H3/t19-/m0/s1. The van der Waals surface area contributed by atoms with Gasteiger partial charge in [0.25, 0.3) is 0 Å². The van der Waals surface area contributed by atoms with Crippen molar-refractivity contribution in [1.82, 2.24) is 4.90 Å². The minimum atomic E-state index is -0.207. The number of fused-ring (bicyclic) bond motifs is 1. The van der Waals surface area contributed by atoms with Crippen molar-refractivity contribution >= 4 is 35.0 Å². The highest BCUT2D eigenvalue weighted by atomic mass is 35.5. The topological polar surface area (TPSA) is 47.3 Å². The molecular weight excluding hydrogens is 390 g/mol. The van der Waals surface area contributed by atoms with Crippen molar-refractivity contribution in [3.05, 3.63) is 74.8 Å². The highest BCUT2D eigenvalue weighted by Gasteiger charge is 2.38. The van der Waals surface area contributed by atoms with Gasteiger partial charge in [0.05, 0.1) is 29.2 Å². The van der Waals surface area contributed by atoms with E-state index in [1.165, 1.54) is 11.1 Å². The van der Waals surface area contributed by atoms with E-state index in [0.29, 0.717) is 29.6 Å². The van der Waals surface area contributed by atoms with E-state index in [2.05, 4.69) is 43.0 Å². The molecule has 142 valence electrons. The number of carbonyl (C=O) groups is 1. The third-order valence-corrected chi connectivity index (χ3v) is 6.83. The molecule has 0 unspecified atom stereocenters. The normalized spacial score (nSPS) is 19.5. The fraction of sp³-hybridized carbons (Fsp3) is 0.273.